The van der Waals surface area contributed by atoms with E-state index >= 15 is 0 Å². The Morgan fingerprint density at radius 3 is 2.47 bits per heavy atom. The van der Waals surface area contributed by atoms with Gasteiger partial charge in [0.1, 0.15) is 0 Å². The van der Waals surface area contributed by atoms with Crippen LogP contribution >= 0.6 is 24.0 Å². The van der Waals surface area contributed by atoms with Crippen LogP contribution in [-0.4, -0.2) is 49.6 Å². The highest BCUT2D eigenvalue weighted by atomic mass is 127. The van der Waals surface area contributed by atoms with Crippen LogP contribution < -0.4 is 10.6 Å². The number of halogens is 1. The Hall–Kier alpha value is -0.0400. The first-order valence-corrected chi connectivity index (χ1v) is 6.38. The number of nitrogens with zero attached hydrogens (tertiary/aromatic N) is 2. The summed E-state index contributed by atoms with van der Waals surface area (Å²) in [5.41, 5.74) is 0. The van der Waals surface area contributed by atoms with Gasteiger partial charge < -0.3 is 10.6 Å². The SMILES string of the molecule is CCN(CCNC(=NC)NC(C)C)C1CC1.I. The minimum Gasteiger partial charge on any atom is -0.355 e. The van der Waals surface area contributed by atoms with Crippen molar-refractivity contribution in [2.24, 2.45) is 4.99 Å². The molecule has 0 aromatic rings. The Morgan fingerprint density at radius 2 is 2.06 bits per heavy atom. The molecular formula is C12H27IN4. The molecule has 1 rings (SSSR count). The molecule has 0 heterocycles. The highest BCUT2D eigenvalue weighted by Crippen LogP contribution is 2.25. The van der Waals surface area contributed by atoms with Crippen molar-refractivity contribution in [3.8, 4) is 0 Å². The fraction of sp³-hybridized carbons (Fsp3) is 0.917. The van der Waals surface area contributed by atoms with Crippen molar-refractivity contribution in [1.82, 2.24) is 15.5 Å². The first-order chi connectivity index (χ1) is 7.67. The van der Waals surface area contributed by atoms with Crippen molar-refractivity contribution < 1.29 is 0 Å². The third-order valence-corrected chi connectivity index (χ3v) is 2.81. The van der Waals surface area contributed by atoms with Gasteiger partial charge in [-0.2, -0.15) is 0 Å². The summed E-state index contributed by atoms with van der Waals surface area (Å²) in [4.78, 5) is 6.72. The summed E-state index contributed by atoms with van der Waals surface area (Å²) < 4.78 is 0. The third kappa shape index (κ3) is 7.08. The van der Waals surface area contributed by atoms with E-state index in [4.69, 9.17) is 0 Å². The zero-order valence-electron chi connectivity index (χ0n) is 11.5. The topological polar surface area (TPSA) is 39.7 Å². The zero-order valence-corrected chi connectivity index (χ0v) is 13.8. The largest absolute Gasteiger partial charge is 0.355 e. The Morgan fingerprint density at radius 1 is 1.41 bits per heavy atom. The maximum absolute atomic E-state index is 4.19. The van der Waals surface area contributed by atoms with E-state index in [1.54, 1.807) is 0 Å². The molecule has 0 amide bonds. The molecule has 0 bridgehead atoms. The van der Waals surface area contributed by atoms with Gasteiger partial charge in [-0.15, -0.1) is 24.0 Å². The van der Waals surface area contributed by atoms with Gasteiger partial charge >= 0.3 is 0 Å². The van der Waals surface area contributed by atoms with Crippen LogP contribution in [0.3, 0.4) is 0 Å². The number of rotatable bonds is 6. The zero-order chi connectivity index (χ0) is 12.0. The normalized spacial score (nSPS) is 16.0. The Labute approximate surface area is 123 Å². The van der Waals surface area contributed by atoms with Gasteiger partial charge in [0.05, 0.1) is 0 Å². The van der Waals surface area contributed by atoms with Crippen molar-refractivity contribution in [3.05, 3.63) is 0 Å². The number of nitrogens with one attached hydrogen (secondary N) is 2. The smallest absolute Gasteiger partial charge is 0.191 e. The molecule has 4 nitrogen and oxygen atoms in total. The average molecular weight is 354 g/mol. The minimum atomic E-state index is 0. The molecule has 102 valence electrons. The summed E-state index contributed by atoms with van der Waals surface area (Å²) in [6, 6.07) is 1.28. The first-order valence-electron chi connectivity index (χ1n) is 6.38. The van der Waals surface area contributed by atoms with E-state index in [1.807, 2.05) is 7.05 Å². The molecule has 1 aliphatic carbocycles. The molecule has 0 aliphatic heterocycles. The highest BCUT2D eigenvalue weighted by molar-refractivity contribution is 14.0. The van der Waals surface area contributed by atoms with E-state index in [9.17, 15) is 0 Å². The summed E-state index contributed by atoms with van der Waals surface area (Å²) in [5, 5.41) is 6.63. The Bertz CT molecular complexity index is 227. The molecule has 0 aromatic heterocycles. The van der Waals surface area contributed by atoms with Crippen molar-refractivity contribution in [1.29, 1.82) is 0 Å². The fourth-order valence-corrected chi connectivity index (χ4v) is 1.82. The van der Waals surface area contributed by atoms with E-state index < -0.39 is 0 Å². The van der Waals surface area contributed by atoms with Crippen LogP contribution in [0.5, 0.6) is 0 Å². The van der Waals surface area contributed by atoms with E-state index in [1.165, 1.54) is 12.8 Å². The van der Waals surface area contributed by atoms with E-state index in [2.05, 4.69) is 41.3 Å². The van der Waals surface area contributed by atoms with Crippen LogP contribution in [0.2, 0.25) is 0 Å². The summed E-state index contributed by atoms with van der Waals surface area (Å²) in [5.74, 6) is 0.904. The van der Waals surface area contributed by atoms with Crippen LogP contribution in [0.1, 0.15) is 33.6 Å². The minimum absolute atomic E-state index is 0. The molecule has 0 unspecified atom stereocenters. The molecular weight excluding hydrogens is 327 g/mol. The molecule has 0 radical (unpaired) electrons. The summed E-state index contributed by atoms with van der Waals surface area (Å²) in [7, 11) is 1.82. The van der Waals surface area contributed by atoms with Crippen LogP contribution in [0, 0.1) is 0 Å². The lowest BCUT2D eigenvalue weighted by atomic mass is 10.4. The van der Waals surface area contributed by atoms with Gasteiger partial charge in [-0.3, -0.25) is 9.89 Å². The molecule has 17 heavy (non-hydrogen) atoms. The fourth-order valence-electron chi connectivity index (χ4n) is 1.82. The van der Waals surface area contributed by atoms with Crippen molar-refractivity contribution in [3.63, 3.8) is 0 Å². The van der Waals surface area contributed by atoms with E-state index in [0.29, 0.717) is 6.04 Å². The Kier molecular flexibility index (Phi) is 8.94. The second-order valence-corrected chi connectivity index (χ2v) is 4.66. The Balaban J connectivity index is 0.00000256. The monoisotopic (exact) mass is 354 g/mol. The van der Waals surface area contributed by atoms with Crippen LogP contribution in [0.25, 0.3) is 0 Å². The number of aliphatic imine (C=N–C) groups is 1. The van der Waals surface area contributed by atoms with Gasteiger partial charge in [-0.1, -0.05) is 6.92 Å². The third-order valence-electron chi connectivity index (χ3n) is 2.81. The highest BCUT2D eigenvalue weighted by Gasteiger charge is 2.27. The van der Waals surface area contributed by atoms with Crippen LogP contribution in [-0.2, 0) is 0 Å². The number of hydrogen-bond acceptors (Lipinski definition) is 2. The summed E-state index contributed by atoms with van der Waals surface area (Å²) in [6.45, 7) is 9.71. The van der Waals surface area contributed by atoms with Gasteiger partial charge in [0.25, 0.3) is 0 Å². The quantitative estimate of drug-likeness (QED) is 0.433. The van der Waals surface area contributed by atoms with Gasteiger partial charge in [0.15, 0.2) is 5.96 Å². The second kappa shape index (κ2) is 8.97. The number of guanidine groups is 1. The van der Waals surface area contributed by atoms with Crippen LogP contribution in [0.15, 0.2) is 4.99 Å². The van der Waals surface area contributed by atoms with Gasteiger partial charge in [-0.25, -0.2) is 0 Å². The number of likely N-dealkylation sites (N-methyl/N-ethyl adjacent to an activating group) is 1. The summed E-state index contributed by atoms with van der Waals surface area (Å²) >= 11 is 0. The lowest BCUT2D eigenvalue weighted by Gasteiger charge is -2.21. The second-order valence-electron chi connectivity index (χ2n) is 4.66. The molecule has 0 spiro atoms. The molecule has 2 N–H and O–H groups in total. The van der Waals surface area contributed by atoms with Crippen LogP contribution in [0.4, 0.5) is 0 Å². The molecule has 5 heteroatoms. The summed E-state index contributed by atoms with van der Waals surface area (Å²) in [6.07, 6.45) is 2.76. The van der Waals surface area contributed by atoms with Crippen molar-refractivity contribution in [2.75, 3.05) is 26.7 Å². The molecule has 0 saturated heterocycles. The predicted molar refractivity (Wildman–Crippen MR) is 85.3 cm³/mol. The van der Waals surface area contributed by atoms with Gasteiger partial charge in [0.2, 0.25) is 0 Å². The van der Waals surface area contributed by atoms with Gasteiger partial charge in [-0.05, 0) is 33.2 Å². The average Bonchev–Trinajstić information content (AvgIpc) is 3.06. The maximum atomic E-state index is 4.19. The van der Waals surface area contributed by atoms with E-state index in [-0.39, 0.29) is 24.0 Å². The maximum Gasteiger partial charge on any atom is 0.191 e. The molecule has 0 aromatic carbocycles. The van der Waals surface area contributed by atoms with Gasteiger partial charge in [0, 0.05) is 32.2 Å². The molecule has 1 fully saturated rings. The van der Waals surface area contributed by atoms with Crippen molar-refractivity contribution >= 4 is 29.9 Å². The molecule has 1 saturated carbocycles. The molecule has 0 atom stereocenters. The van der Waals surface area contributed by atoms with E-state index in [0.717, 1.165) is 31.6 Å². The lowest BCUT2D eigenvalue weighted by Crippen LogP contribution is -2.44. The lowest BCUT2D eigenvalue weighted by molar-refractivity contribution is 0.282. The standard InChI is InChI=1S/C12H26N4.HI/c1-5-16(11-6-7-11)9-8-14-12(13-4)15-10(2)3;/h10-11H,5-9H2,1-4H3,(H2,13,14,15);1H. The van der Waals surface area contributed by atoms with Crippen molar-refractivity contribution in [2.45, 2.75) is 45.7 Å². The predicted octanol–water partition coefficient (Wildman–Crippen LogP) is 1.66. The first kappa shape index (κ1) is 17.0. The number of hydrogen-bond donors (Lipinski definition) is 2. The molecule has 1 aliphatic rings.